The number of hydrogen-bond acceptors (Lipinski definition) is 3. The number of benzene rings is 1. The van der Waals surface area contributed by atoms with Crippen molar-refractivity contribution < 1.29 is 0 Å². The van der Waals surface area contributed by atoms with Crippen LogP contribution in [0.1, 0.15) is 5.56 Å². The summed E-state index contributed by atoms with van der Waals surface area (Å²) in [6.07, 6.45) is 0. The van der Waals surface area contributed by atoms with Crippen LogP contribution in [0.2, 0.25) is 0 Å². The topological polar surface area (TPSA) is 69.9 Å². The van der Waals surface area contributed by atoms with Crippen LogP contribution in [0.25, 0.3) is 0 Å². The lowest BCUT2D eigenvalue weighted by atomic mass is 10.2. The molecule has 4 heteroatoms. The van der Waals surface area contributed by atoms with Gasteiger partial charge >= 0.3 is 0 Å². The molecule has 0 aliphatic heterocycles. The second-order valence-corrected chi connectivity index (χ2v) is 3.14. The SMILES string of the molecule is Nc1cc(N)n(Cc2ccccc2)n1. The van der Waals surface area contributed by atoms with E-state index in [4.69, 9.17) is 11.5 Å². The lowest BCUT2D eigenvalue weighted by Crippen LogP contribution is -2.05. The molecule has 1 heterocycles. The number of anilines is 2. The minimum absolute atomic E-state index is 0.457. The first kappa shape index (κ1) is 8.62. The van der Waals surface area contributed by atoms with Crippen LogP contribution < -0.4 is 11.5 Å². The fourth-order valence-electron chi connectivity index (χ4n) is 1.34. The third-order valence-corrected chi connectivity index (χ3v) is 2.01. The van der Waals surface area contributed by atoms with Gasteiger partial charge in [0.15, 0.2) is 0 Å². The van der Waals surface area contributed by atoms with Crippen LogP contribution in [-0.2, 0) is 6.54 Å². The van der Waals surface area contributed by atoms with Gasteiger partial charge in [0.05, 0.1) is 6.54 Å². The van der Waals surface area contributed by atoms with E-state index >= 15 is 0 Å². The van der Waals surface area contributed by atoms with Crippen LogP contribution in [0.4, 0.5) is 11.6 Å². The molecule has 0 aliphatic rings. The first-order valence-corrected chi connectivity index (χ1v) is 4.38. The summed E-state index contributed by atoms with van der Waals surface area (Å²) in [5.74, 6) is 1.05. The summed E-state index contributed by atoms with van der Waals surface area (Å²) in [6.45, 7) is 0.657. The molecule has 0 amide bonds. The van der Waals surface area contributed by atoms with E-state index in [2.05, 4.69) is 5.10 Å². The lowest BCUT2D eigenvalue weighted by Gasteiger charge is -2.03. The predicted octanol–water partition coefficient (Wildman–Crippen LogP) is 1.10. The largest absolute Gasteiger partial charge is 0.384 e. The van der Waals surface area contributed by atoms with Crippen LogP contribution in [0.3, 0.4) is 0 Å². The zero-order chi connectivity index (χ0) is 9.97. The Morgan fingerprint density at radius 1 is 1.14 bits per heavy atom. The Hall–Kier alpha value is -1.97. The summed E-state index contributed by atoms with van der Waals surface area (Å²) in [4.78, 5) is 0. The number of rotatable bonds is 2. The molecule has 0 fully saturated rings. The van der Waals surface area contributed by atoms with Gasteiger partial charge in [-0.3, -0.25) is 0 Å². The monoisotopic (exact) mass is 188 g/mol. The summed E-state index contributed by atoms with van der Waals surface area (Å²) < 4.78 is 1.69. The summed E-state index contributed by atoms with van der Waals surface area (Å²) in [6, 6.07) is 11.7. The van der Waals surface area contributed by atoms with Crippen LogP contribution in [0.15, 0.2) is 36.4 Å². The molecule has 0 spiro atoms. The van der Waals surface area contributed by atoms with Crippen molar-refractivity contribution >= 4 is 11.6 Å². The van der Waals surface area contributed by atoms with Crippen molar-refractivity contribution in [3.8, 4) is 0 Å². The Kier molecular flexibility index (Phi) is 2.10. The van der Waals surface area contributed by atoms with Gasteiger partial charge in [-0.15, -0.1) is 0 Å². The van der Waals surface area contributed by atoms with Crippen molar-refractivity contribution in [2.24, 2.45) is 0 Å². The van der Waals surface area contributed by atoms with Crippen molar-refractivity contribution in [3.05, 3.63) is 42.0 Å². The van der Waals surface area contributed by atoms with Crippen molar-refractivity contribution in [2.75, 3.05) is 11.5 Å². The summed E-state index contributed by atoms with van der Waals surface area (Å²) in [5.41, 5.74) is 12.4. The van der Waals surface area contributed by atoms with E-state index < -0.39 is 0 Å². The van der Waals surface area contributed by atoms with Crippen molar-refractivity contribution in [1.82, 2.24) is 9.78 Å². The molecule has 1 aromatic carbocycles. The molecule has 0 unspecified atom stereocenters. The standard InChI is InChI=1S/C10H12N4/c11-9-6-10(12)14(13-9)7-8-4-2-1-3-5-8/h1-6H,7,12H2,(H2,11,13). The molecule has 72 valence electrons. The third kappa shape index (κ3) is 1.69. The highest BCUT2D eigenvalue weighted by molar-refractivity contribution is 5.42. The minimum Gasteiger partial charge on any atom is -0.384 e. The van der Waals surface area contributed by atoms with Crippen molar-refractivity contribution in [2.45, 2.75) is 6.54 Å². The zero-order valence-electron chi connectivity index (χ0n) is 7.72. The number of nitrogen functional groups attached to an aromatic ring is 2. The molecule has 1 aromatic heterocycles. The molecule has 0 atom stereocenters. The van der Waals surface area contributed by atoms with Crippen molar-refractivity contribution in [3.63, 3.8) is 0 Å². The van der Waals surface area contributed by atoms with E-state index in [0.717, 1.165) is 5.56 Å². The molecule has 2 rings (SSSR count). The van der Waals surface area contributed by atoms with Gasteiger partial charge in [-0.2, -0.15) is 5.10 Å². The molecule has 0 radical (unpaired) electrons. The molecule has 4 nitrogen and oxygen atoms in total. The molecule has 0 saturated heterocycles. The maximum atomic E-state index is 5.71. The van der Waals surface area contributed by atoms with Gasteiger partial charge < -0.3 is 11.5 Å². The highest BCUT2D eigenvalue weighted by Gasteiger charge is 2.01. The Balaban J connectivity index is 2.23. The third-order valence-electron chi connectivity index (χ3n) is 2.01. The second kappa shape index (κ2) is 3.41. The van der Waals surface area contributed by atoms with Crippen LogP contribution in [0.5, 0.6) is 0 Å². The van der Waals surface area contributed by atoms with E-state index in [9.17, 15) is 0 Å². The van der Waals surface area contributed by atoms with Crippen LogP contribution in [-0.4, -0.2) is 9.78 Å². The zero-order valence-corrected chi connectivity index (χ0v) is 7.72. The van der Waals surface area contributed by atoms with Crippen molar-refractivity contribution in [1.29, 1.82) is 0 Å². The lowest BCUT2D eigenvalue weighted by molar-refractivity contribution is 0.701. The Morgan fingerprint density at radius 2 is 1.86 bits per heavy atom. The van der Waals surface area contributed by atoms with E-state index in [1.165, 1.54) is 0 Å². The number of hydrogen-bond donors (Lipinski definition) is 2. The predicted molar refractivity (Wildman–Crippen MR) is 56.6 cm³/mol. The molecular weight excluding hydrogens is 176 g/mol. The summed E-state index contributed by atoms with van der Waals surface area (Å²) in [5, 5.41) is 4.07. The molecule has 4 N–H and O–H groups in total. The Morgan fingerprint density at radius 3 is 2.43 bits per heavy atom. The maximum absolute atomic E-state index is 5.71. The van der Waals surface area contributed by atoms with E-state index in [1.807, 2.05) is 30.3 Å². The van der Waals surface area contributed by atoms with Gasteiger partial charge in [-0.25, -0.2) is 4.68 Å². The molecule has 0 aliphatic carbocycles. The van der Waals surface area contributed by atoms with Gasteiger partial charge in [-0.05, 0) is 5.56 Å². The van der Waals surface area contributed by atoms with Gasteiger partial charge in [0.1, 0.15) is 11.6 Å². The number of aromatic nitrogens is 2. The molecule has 0 saturated carbocycles. The number of nitrogens with zero attached hydrogens (tertiary/aromatic N) is 2. The summed E-state index contributed by atoms with van der Waals surface area (Å²) in [7, 11) is 0. The molecule has 2 aromatic rings. The molecule has 0 bridgehead atoms. The average molecular weight is 188 g/mol. The molecule has 14 heavy (non-hydrogen) atoms. The summed E-state index contributed by atoms with van der Waals surface area (Å²) >= 11 is 0. The maximum Gasteiger partial charge on any atom is 0.147 e. The Bertz CT molecular complexity index is 419. The minimum atomic E-state index is 0.457. The van der Waals surface area contributed by atoms with E-state index in [0.29, 0.717) is 18.2 Å². The van der Waals surface area contributed by atoms with Gasteiger partial charge in [-0.1, -0.05) is 30.3 Å². The first-order valence-electron chi connectivity index (χ1n) is 4.38. The van der Waals surface area contributed by atoms with Crippen LogP contribution >= 0.6 is 0 Å². The average Bonchev–Trinajstić information content (AvgIpc) is 2.47. The highest BCUT2D eigenvalue weighted by atomic mass is 15.3. The first-order chi connectivity index (χ1) is 6.75. The normalized spacial score (nSPS) is 10.3. The number of nitrogens with two attached hydrogens (primary N) is 2. The van der Waals surface area contributed by atoms with E-state index in [-0.39, 0.29) is 0 Å². The fraction of sp³-hybridized carbons (Fsp3) is 0.100. The fourth-order valence-corrected chi connectivity index (χ4v) is 1.34. The molecular formula is C10H12N4. The second-order valence-electron chi connectivity index (χ2n) is 3.14. The van der Waals surface area contributed by atoms with Gasteiger partial charge in [0.2, 0.25) is 0 Å². The van der Waals surface area contributed by atoms with Gasteiger partial charge in [0, 0.05) is 6.07 Å². The quantitative estimate of drug-likeness (QED) is 0.741. The van der Waals surface area contributed by atoms with E-state index in [1.54, 1.807) is 10.7 Å². The highest BCUT2D eigenvalue weighted by Crippen LogP contribution is 2.10. The smallest absolute Gasteiger partial charge is 0.147 e. The Labute approximate surface area is 82.1 Å². The van der Waals surface area contributed by atoms with Gasteiger partial charge in [0.25, 0.3) is 0 Å². The van der Waals surface area contributed by atoms with Crippen LogP contribution in [0, 0.1) is 0 Å².